The molecule has 0 aliphatic carbocycles. The van der Waals surface area contributed by atoms with Crippen LogP contribution in [0.5, 0.6) is 0 Å². The van der Waals surface area contributed by atoms with Crippen molar-refractivity contribution in [1.82, 2.24) is 9.29 Å². The fraction of sp³-hybridized carbons (Fsp3) is 0.381. The van der Waals surface area contributed by atoms with E-state index in [1.165, 1.54) is 0 Å². The summed E-state index contributed by atoms with van der Waals surface area (Å²) in [5.74, 6) is 1.87. The summed E-state index contributed by atoms with van der Waals surface area (Å²) in [7, 11) is -3.11. The second-order valence-corrected chi connectivity index (χ2v) is 9.51. The van der Waals surface area contributed by atoms with Crippen LogP contribution in [0.25, 0.3) is 22.1 Å². The van der Waals surface area contributed by atoms with Crippen molar-refractivity contribution < 1.29 is 12.8 Å². The van der Waals surface area contributed by atoms with Gasteiger partial charge in [-0.2, -0.15) is 0 Å². The summed E-state index contributed by atoms with van der Waals surface area (Å²) in [4.78, 5) is 4.28. The van der Waals surface area contributed by atoms with Crippen molar-refractivity contribution in [1.29, 1.82) is 0 Å². The molecule has 1 aliphatic rings. The van der Waals surface area contributed by atoms with Gasteiger partial charge in [0.25, 0.3) is 0 Å². The second kappa shape index (κ2) is 7.56. The lowest BCUT2D eigenvalue weighted by atomic mass is 10.0. The van der Waals surface area contributed by atoms with Crippen LogP contribution in [-0.4, -0.2) is 42.6 Å². The third kappa shape index (κ3) is 3.77. The number of hydrogen-bond donors (Lipinski definition) is 1. The van der Waals surface area contributed by atoms with Crippen LogP contribution in [0.4, 0.5) is 5.69 Å². The predicted octanol–water partition coefficient (Wildman–Crippen LogP) is 4.03. The molecule has 0 saturated carbocycles. The lowest BCUT2D eigenvalue weighted by Crippen LogP contribution is -2.42. The summed E-state index contributed by atoms with van der Waals surface area (Å²) in [5.41, 5.74) is 2.02. The maximum absolute atomic E-state index is 12.1. The van der Waals surface area contributed by atoms with Gasteiger partial charge >= 0.3 is 0 Å². The molecular formula is C21H25N3O3S. The number of furan rings is 1. The van der Waals surface area contributed by atoms with E-state index in [2.05, 4.69) is 22.4 Å². The molecule has 7 heteroatoms. The number of benzene rings is 1. The smallest absolute Gasteiger partial charge is 0.213 e. The molecule has 6 nitrogen and oxygen atoms in total. The van der Waals surface area contributed by atoms with E-state index >= 15 is 0 Å². The van der Waals surface area contributed by atoms with E-state index in [1.54, 1.807) is 17.4 Å². The molecule has 0 amide bonds. The average Bonchev–Trinajstić information content (AvgIpc) is 3.15. The maximum Gasteiger partial charge on any atom is 0.213 e. The zero-order chi connectivity index (χ0) is 19.7. The van der Waals surface area contributed by atoms with Crippen LogP contribution in [0.2, 0.25) is 0 Å². The van der Waals surface area contributed by atoms with Crippen LogP contribution in [0.15, 0.2) is 47.1 Å². The summed E-state index contributed by atoms with van der Waals surface area (Å²) in [6, 6.07) is 10.4. The predicted molar refractivity (Wildman–Crippen MR) is 112 cm³/mol. The monoisotopic (exact) mass is 399 g/mol. The van der Waals surface area contributed by atoms with Crippen molar-refractivity contribution in [3.63, 3.8) is 0 Å². The van der Waals surface area contributed by atoms with Crippen LogP contribution in [0, 0.1) is 6.92 Å². The Morgan fingerprint density at radius 2 is 2.00 bits per heavy atom. The molecule has 0 atom stereocenters. The van der Waals surface area contributed by atoms with Crippen molar-refractivity contribution in [3.05, 3.63) is 48.5 Å². The Bertz CT molecular complexity index is 1080. The molecule has 2 aromatic heterocycles. The molecule has 3 aromatic rings. The van der Waals surface area contributed by atoms with E-state index in [4.69, 9.17) is 4.42 Å². The van der Waals surface area contributed by atoms with Crippen molar-refractivity contribution in [2.45, 2.75) is 32.7 Å². The van der Waals surface area contributed by atoms with Gasteiger partial charge in [-0.25, -0.2) is 12.7 Å². The minimum Gasteiger partial charge on any atom is -0.461 e. The molecule has 0 spiro atoms. The van der Waals surface area contributed by atoms with Crippen LogP contribution < -0.4 is 5.32 Å². The number of aryl methyl sites for hydroxylation is 1. The van der Waals surface area contributed by atoms with Gasteiger partial charge in [0.2, 0.25) is 10.0 Å². The summed E-state index contributed by atoms with van der Waals surface area (Å²) in [6.07, 6.45) is 5.22. The number of hydrogen-bond acceptors (Lipinski definition) is 5. The molecule has 1 aliphatic heterocycles. The summed E-state index contributed by atoms with van der Waals surface area (Å²) in [6.45, 7) is 4.74. The van der Waals surface area contributed by atoms with E-state index in [1.807, 2.05) is 31.3 Å². The number of aromatic nitrogens is 1. The molecule has 1 aromatic carbocycles. The molecule has 28 heavy (non-hydrogen) atoms. The molecule has 1 saturated heterocycles. The normalized spacial score (nSPS) is 16.5. The standard InChI is InChI=1S/C21H25N3O3S/c1-3-28(25,26)24-10-7-18(8-11-24)23-20-13-17(21-5-4-15(2)27-21)12-16-6-9-22-14-19(16)20/h4-6,9,12-14,18,23H,3,7-8,10-11H2,1-2H3. The van der Waals surface area contributed by atoms with Crippen LogP contribution in [0.3, 0.4) is 0 Å². The molecular weight excluding hydrogens is 374 g/mol. The molecule has 0 bridgehead atoms. The Morgan fingerprint density at radius 3 is 2.68 bits per heavy atom. The molecule has 4 rings (SSSR count). The second-order valence-electron chi connectivity index (χ2n) is 7.25. The highest BCUT2D eigenvalue weighted by Crippen LogP contribution is 2.32. The lowest BCUT2D eigenvalue weighted by Gasteiger charge is -2.32. The number of nitrogens with one attached hydrogen (secondary N) is 1. The van der Waals surface area contributed by atoms with Gasteiger partial charge in [-0.3, -0.25) is 4.98 Å². The van der Waals surface area contributed by atoms with Crippen molar-refractivity contribution in [2.75, 3.05) is 24.2 Å². The van der Waals surface area contributed by atoms with E-state index in [0.29, 0.717) is 13.1 Å². The van der Waals surface area contributed by atoms with Gasteiger partial charge in [-0.05, 0) is 62.4 Å². The van der Waals surface area contributed by atoms with Gasteiger partial charge in [0.05, 0.1) is 5.75 Å². The first-order valence-corrected chi connectivity index (χ1v) is 11.3. The number of sulfonamides is 1. The van der Waals surface area contributed by atoms with E-state index in [-0.39, 0.29) is 11.8 Å². The SMILES string of the molecule is CCS(=O)(=O)N1CCC(Nc2cc(-c3ccc(C)o3)cc3ccncc23)CC1. The Balaban J connectivity index is 1.60. The minimum absolute atomic E-state index is 0.159. The Labute approximate surface area is 165 Å². The molecule has 0 radical (unpaired) electrons. The first-order valence-electron chi connectivity index (χ1n) is 9.65. The number of nitrogens with zero attached hydrogens (tertiary/aromatic N) is 2. The fourth-order valence-electron chi connectivity index (χ4n) is 3.73. The largest absolute Gasteiger partial charge is 0.461 e. The molecule has 0 unspecified atom stereocenters. The topological polar surface area (TPSA) is 75.4 Å². The van der Waals surface area contributed by atoms with E-state index in [9.17, 15) is 8.42 Å². The van der Waals surface area contributed by atoms with Crippen LogP contribution >= 0.6 is 0 Å². The summed E-state index contributed by atoms with van der Waals surface area (Å²) < 4.78 is 31.6. The Morgan fingerprint density at radius 1 is 1.21 bits per heavy atom. The maximum atomic E-state index is 12.1. The molecule has 1 N–H and O–H groups in total. The average molecular weight is 400 g/mol. The highest BCUT2D eigenvalue weighted by molar-refractivity contribution is 7.89. The van der Waals surface area contributed by atoms with Crippen molar-refractivity contribution in [2.24, 2.45) is 0 Å². The zero-order valence-corrected chi connectivity index (χ0v) is 17.0. The number of anilines is 1. The lowest BCUT2D eigenvalue weighted by molar-refractivity contribution is 0.330. The summed E-state index contributed by atoms with van der Waals surface area (Å²) in [5, 5.41) is 5.77. The molecule has 1 fully saturated rings. The number of piperidine rings is 1. The zero-order valence-electron chi connectivity index (χ0n) is 16.2. The molecule has 3 heterocycles. The van der Waals surface area contributed by atoms with Gasteiger partial charge < -0.3 is 9.73 Å². The van der Waals surface area contributed by atoms with E-state index < -0.39 is 10.0 Å². The Hall–Kier alpha value is -2.38. The fourth-order valence-corrected chi connectivity index (χ4v) is 4.86. The highest BCUT2D eigenvalue weighted by Gasteiger charge is 2.27. The quantitative estimate of drug-likeness (QED) is 0.701. The van der Waals surface area contributed by atoms with Crippen molar-refractivity contribution >= 4 is 26.5 Å². The van der Waals surface area contributed by atoms with Gasteiger partial charge in [0.15, 0.2) is 0 Å². The van der Waals surface area contributed by atoms with Crippen LogP contribution in [0.1, 0.15) is 25.5 Å². The summed E-state index contributed by atoms with van der Waals surface area (Å²) >= 11 is 0. The third-order valence-corrected chi connectivity index (χ3v) is 7.23. The minimum atomic E-state index is -3.11. The van der Waals surface area contributed by atoms with E-state index in [0.717, 1.165) is 46.4 Å². The first kappa shape index (κ1) is 19.0. The van der Waals surface area contributed by atoms with Crippen LogP contribution in [-0.2, 0) is 10.0 Å². The van der Waals surface area contributed by atoms with Gasteiger partial charge in [0, 0.05) is 48.2 Å². The van der Waals surface area contributed by atoms with Gasteiger partial charge in [0.1, 0.15) is 11.5 Å². The number of fused-ring (bicyclic) bond motifs is 1. The Kier molecular flexibility index (Phi) is 5.12. The number of rotatable bonds is 5. The number of pyridine rings is 1. The third-order valence-electron chi connectivity index (χ3n) is 5.35. The van der Waals surface area contributed by atoms with Crippen molar-refractivity contribution in [3.8, 4) is 11.3 Å². The van der Waals surface area contributed by atoms with Gasteiger partial charge in [-0.1, -0.05) is 0 Å². The van der Waals surface area contributed by atoms with Gasteiger partial charge in [-0.15, -0.1) is 0 Å². The molecule has 148 valence electrons. The first-order chi connectivity index (χ1) is 13.5. The highest BCUT2D eigenvalue weighted by atomic mass is 32.2.